The van der Waals surface area contributed by atoms with Crippen LogP contribution >= 0.6 is 11.3 Å². The van der Waals surface area contributed by atoms with E-state index in [1.807, 2.05) is 16.8 Å². The Bertz CT molecular complexity index is 1120. The molecule has 14 heteroatoms. The minimum Gasteiger partial charge on any atom is -0.489 e. The second-order valence-corrected chi connectivity index (χ2v) is 7.77. The van der Waals surface area contributed by atoms with Gasteiger partial charge in [0.15, 0.2) is 5.69 Å². The minimum absolute atomic E-state index is 0.0180. The maximum atomic E-state index is 12.4. The molecule has 0 unspecified atom stereocenters. The van der Waals surface area contributed by atoms with Gasteiger partial charge in [0.1, 0.15) is 31.3 Å². The Morgan fingerprint density at radius 1 is 1.09 bits per heavy atom. The highest BCUT2D eigenvalue weighted by molar-refractivity contribution is 7.07. The fourth-order valence-electron chi connectivity index (χ4n) is 2.76. The molecule has 0 aliphatic rings. The lowest BCUT2D eigenvalue weighted by atomic mass is 10.1. The largest absolute Gasteiger partial charge is 0.489 e. The number of benzene rings is 1. The number of nitrogens with zero attached hydrogens (tertiary/aromatic N) is 3. The predicted octanol–water partition coefficient (Wildman–Crippen LogP) is 2.92. The van der Waals surface area contributed by atoms with Crippen molar-refractivity contribution in [2.45, 2.75) is 12.7 Å². The molecule has 0 aliphatic carbocycles. The van der Waals surface area contributed by atoms with Crippen LogP contribution in [0.2, 0.25) is 0 Å². The highest BCUT2D eigenvalue weighted by Gasteiger charge is 2.28. The Morgan fingerprint density at radius 2 is 1.91 bits per heavy atom. The number of nitrogens with one attached hydrogen (secondary N) is 2. The second kappa shape index (κ2) is 12.3. The summed E-state index contributed by atoms with van der Waals surface area (Å²) in [5.74, 6) is -1.35. The fourth-order valence-corrected chi connectivity index (χ4v) is 3.43. The topological polar surface area (TPSA) is 107 Å². The SMILES string of the molecule is O=C(NCC(F)(F)F)c1ccc(-n2cc(C(=O)NCc3ccsc3)nn2)c(OCCOCCF)c1. The van der Waals surface area contributed by atoms with E-state index < -0.39 is 31.2 Å². The van der Waals surface area contributed by atoms with E-state index >= 15 is 0 Å². The molecule has 0 spiro atoms. The zero-order valence-corrected chi connectivity index (χ0v) is 19.0. The molecule has 0 atom stereocenters. The molecule has 0 bridgehead atoms. The first kappa shape index (κ1) is 26.1. The fraction of sp³-hybridized carbons (Fsp3) is 0.333. The lowest BCUT2D eigenvalue weighted by molar-refractivity contribution is -0.123. The van der Waals surface area contributed by atoms with Gasteiger partial charge in [0.25, 0.3) is 11.8 Å². The van der Waals surface area contributed by atoms with Crippen molar-refractivity contribution in [1.82, 2.24) is 25.6 Å². The number of carbonyl (C=O) groups is 2. The van der Waals surface area contributed by atoms with Gasteiger partial charge in [-0.05, 0) is 40.6 Å². The molecule has 188 valence electrons. The van der Waals surface area contributed by atoms with Crippen LogP contribution in [0, 0.1) is 0 Å². The van der Waals surface area contributed by atoms with Crippen LogP contribution in [-0.2, 0) is 11.3 Å². The van der Waals surface area contributed by atoms with Crippen molar-refractivity contribution >= 4 is 23.2 Å². The van der Waals surface area contributed by atoms with Crippen molar-refractivity contribution < 1.29 is 36.6 Å². The molecule has 9 nitrogen and oxygen atoms in total. The average Bonchev–Trinajstić information content (AvgIpc) is 3.53. The number of hydrogen-bond donors (Lipinski definition) is 2. The van der Waals surface area contributed by atoms with Crippen LogP contribution in [0.1, 0.15) is 26.4 Å². The molecule has 1 aromatic carbocycles. The quantitative estimate of drug-likeness (QED) is 0.284. The van der Waals surface area contributed by atoms with Crippen LogP contribution in [0.3, 0.4) is 0 Å². The Kier molecular flexibility index (Phi) is 9.14. The molecule has 0 radical (unpaired) electrons. The van der Waals surface area contributed by atoms with Gasteiger partial charge in [0.2, 0.25) is 0 Å². The standard InChI is InChI=1S/C21H21F4N5O4S/c22-4-5-33-6-7-34-18-9-15(19(31)27-13-21(23,24)25)1-2-17(18)30-11-16(28-29-30)20(32)26-10-14-3-8-35-12-14/h1-3,8-9,11-12H,4-7,10,13H2,(H,26,32)(H,27,31). The summed E-state index contributed by atoms with van der Waals surface area (Å²) in [6.07, 6.45) is -3.22. The number of rotatable bonds is 12. The van der Waals surface area contributed by atoms with Crippen LogP contribution in [0.5, 0.6) is 5.75 Å². The summed E-state index contributed by atoms with van der Waals surface area (Å²) in [5, 5.41) is 16.0. The summed E-state index contributed by atoms with van der Waals surface area (Å²) in [5.41, 5.74) is 1.13. The summed E-state index contributed by atoms with van der Waals surface area (Å²) < 4.78 is 61.3. The number of halogens is 4. The van der Waals surface area contributed by atoms with Crippen LogP contribution in [0.4, 0.5) is 17.6 Å². The monoisotopic (exact) mass is 515 g/mol. The van der Waals surface area contributed by atoms with E-state index in [9.17, 15) is 27.2 Å². The first-order valence-corrected chi connectivity index (χ1v) is 11.2. The van der Waals surface area contributed by atoms with Crippen LogP contribution < -0.4 is 15.4 Å². The Hall–Kier alpha value is -3.52. The van der Waals surface area contributed by atoms with E-state index in [1.54, 1.807) is 5.32 Å². The van der Waals surface area contributed by atoms with Gasteiger partial charge in [-0.1, -0.05) is 5.21 Å². The maximum Gasteiger partial charge on any atom is 0.405 e. The van der Waals surface area contributed by atoms with Gasteiger partial charge in [0, 0.05) is 12.1 Å². The Labute approximate surface area is 201 Å². The molecule has 2 N–H and O–H groups in total. The van der Waals surface area contributed by atoms with Gasteiger partial charge in [0.05, 0.1) is 19.4 Å². The highest BCUT2D eigenvalue weighted by atomic mass is 32.1. The molecule has 3 aromatic rings. The molecule has 2 heterocycles. The number of thiophene rings is 1. The van der Waals surface area contributed by atoms with Gasteiger partial charge in [-0.15, -0.1) is 5.10 Å². The van der Waals surface area contributed by atoms with Gasteiger partial charge < -0.3 is 20.1 Å². The van der Waals surface area contributed by atoms with Crippen molar-refractivity contribution in [3.63, 3.8) is 0 Å². The zero-order chi connectivity index (χ0) is 25.3. The number of aromatic nitrogens is 3. The van der Waals surface area contributed by atoms with E-state index in [0.717, 1.165) is 5.56 Å². The highest BCUT2D eigenvalue weighted by Crippen LogP contribution is 2.25. The third-order valence-electron chi connectivity index (χ3n) is 4.38. The zero-order valence-electron chi connectivity index (χ0n) is 18.2. The van der Waals surface area contributed by atoms with Crippen LogP contribution in [0.25, 0.3) is 5.69 Å². The van der Waals surface area contributed by atoms with E-state index in [1.165, 1.54) is 40.4 Å². The summed E-state index contributed by atoms with van der Waals surface area (Å²) in [6, 6.07) is 5.77. The molecular formula is C21H21F4N5O4S. The molecule has 0 saturated heterocycles. The molecular weight excluding hydrogens is 494 g/mol. The van der Waals surface area contributed by atoms with Gasteiger partial charge in [-0.25, -0.2) is 9.07 Å². The Morgan fingerprint density at radius 3 is 2.63 bits per heavy atom. The summed E-state index contributed by atoms with van der Waals surface area (Å²) in [4.78, 5) is 24.5. The summed E-state index contributed by atoms with van der Waals surface area (Å²) in [7, 11) is 0. The maximum absolute atomic E-state index is 12.4. The van der Waals surface area contributed by atoms with Gasteiger partial charge in [-0.3, -0.25) is 9.59 Å². The van der Waals surface area contributed by atoms with Crippen LogP contribution in [-0.4, -0.2) is 66.0 Å². The van der Waals surface area contributed by atoms with Crippen molar-refractivity contribution in [2.24, 2.45) is 0 Å². The Balaban J connectivity index is 1.76. The molecule has 0 saturated carbocycles. The average molecular weight is 515 g/mol. The van der Waals surface area contributed by atoms with E-state index in [0.29, 0.717) is 6.54 Å². The molecule has 3 rings (SSSR count). The van der Waals surface area contributed by atoms with E-state index in [4.69, 9.17) is 9.47 Å². The molecule has 2 aromatic heterocycles. The van der Waals surface area contributed by atoms with Crippen molar-refractivity contribution in [3.05, 3.63) is 58.0 Å². The minimum atomic E-state index is -4.57. The number of amides is 2. The first-order chi connectivity index (χ1) is 16.8. The van der Waals surface area contributed by atoms with E-state index in [-0.39, 0.29) is 42.5 Å². The molecule has 35 heavy (non-hydrogen) atoms. The lowest BCUT2D eigenvalue weighted by Gasteiger charge is -2.14. The molecule has 2 amide bonds. The van der Waals surface area contributed by atoms with Gasteiger partial charge in [-0.2, -0.15) is 24.5 Å². The summed E-state index contributed by atoms with van der Waals surface area (Å²) >= 11 is 1.50. The van der Waals surface area contributed by atoms with Gasteiger partial charge >= 0.3 is 6.18 Å². The van der Waals surface area contributed by atoms with Crippen molar-refractivity contribution in [1.29, 1.82) is 0 Å². The number of ether oxygens (including phenoxy) is 2. The number of carbonyl (C=O) groups excluding carboxylic acids is 2. The first-order valence-electron chi connectivity index (χ1n) is 10.2. The molecule has 0 fully saturated rings. The smallest absolute Gasteiger partial charge is 0.405 e. The van der Waals surface area contributed by atoms with E-state index in [2.05, 4.69) is 15.6 Å². The van der Waals surface area contributed by atoms with Crippen molar-refractivity contribution in [2.75, 3.05) is 33.0 Å². The normalized spacial score (nSPS) is 11.3. The number of hydrogen-bond acceptors (Lipinski definition) is 7. The van der Waals surface area contributed by atoms with Crippen LogP contribution in [0.15, 0.2) is 41.2 Å². The lowest BCUT2D eigenvalue weighted by Crippen LogP contribution is -2.33. The predicted molar refractivity (Wildman–Crippen MR) is 118 cm³/mol. The third-order valence-corrected chi connectivity index (χ3v) is 5.12. The summed E-state index contributed by atoms with van der Waals surface area (Å²) in [6.45, 7) is -1.98. The second-order valence-electron chi connectivity index (χ2n) is 6.99. The third kappa shape index (κ3) is 8.03. The number of alkyl halides is 4. The molecule has 0 aliphatic heterocycles. The van der Waals surface area contributed by atoms with Crippen molar-refractivity contribution in [3.8, 4) is 11.4 Å².